The molecule has 0 spiro atoms. The number of fused-ring (bicyclic) bond motifs is 1. The Kier molecular flexibility index (Phi) is 5.16. The van der Waals surface area contributed by atoms with Crippen LogP contribution in [0.4, 0.5) is 0 Å². The average Bonchev–Trinajstić information content (AvgIpc) is 2.97. The van der Waals surface area contributed by atoms with Crippen LogP contribution in [0.15, 0.2) is 36.1 Å². The first-order valence-electron chi connectivity index (χ1n) is 8.36. The zero-order valence-electron chi connectivity index (χ0n) is 15.6. The molecule has 0 saturated heterocycles. The summed E-state index contributed by atoms with van der Waals surface area (Å²) in [6, 6.07) is 8.61. The maximum atomic E-state index is 12.7. The number of hydrogen-bond donors (Lipinski definition) is 0. The Bertz CT molecular complexity index is 942. The third kappa shape index (κ3) is 3.65. The van der Waals surface area contributed by atoms with Gasteiger partial charge in [-0.2, -0.15) is 0 Å². The molecule has 0 atom stereocenters. The summed E-state index contributed by atoms with van der Waals surface area (Å²) >= 11 is 0. The number of carbonyl (C=O) groups excluding carboxylic acids is 2. The van der Waals surface area contributed by atoms with Crippen LogP contribution in [0.3, 0.4) is 0 Å². The summed E-state index contributed by atoms with van der Waals surface area (Å²) in [6.07, 6.45) is 1.62. The molecule has 1 aliphatic rings. The van der Waals surface area contributed by atoms with E-state index in [0.29, 0.717) is 39.7 Å². The largest absolute Gasteiger partial charge is 0.497 e. The van der Waals surface area contributed by atoms with Crippen molar-refractivity contribution >= 4 is 17.6 Å². The molecule has 140 valence electrons. The van der Waals surface area contributed by atoms with Gasteiger partial charge in [-0.3, -0.25) is 9.59 Å². The Morgan fingerprint density at radius 3 is 2.52 bits per heavy atom. The highest BCUT2D eigenvalue weighted by molar-refractivity contribution is 6.15. The standard InChI is InChI=1S/C21H20O6/c1-12(22)11-26-17-8-6-16-20(23)19(27-21(16)13(17)2)10-14-9-15(24-3)5-7-18(14)25-4/h5-10H,11H2,1-4H3/b19-10-. The first kappa shape index (κ1) is 18.5. The predicted molar refractivity (Wildman–Crippen MR) is 99.8 cm³/mol. The summed E-state index contributed by atoms with van der Waals surface area (Å²) in [5.74, 6) is 2.06. The van der Waals surface area contributed by atoms with Crippen LogP contribution in [0, 0.1) is 6.92 Å². The van der Waals surface area contributed by atoms with Crippen LogP contribution in [0.2, 0.25) is 0 Å². The summed E-state index contributed by atoms with van der Waals surface area (Å²) in [7, 11) is 3.12. The van der Waals surface area contributed by atoms with Crippen LogP contribution in [-0.2, 0) is 4.79 Å². The third-order valence-electron chi connectivity index (χ3n) is 4.19. The van der Waals surface area contributed by atoms with E-state index in [1.165, 1.54) is 6.92 Å². The zero-order chi connectivity index (χ0) is 19.6. The Morgan fingerprint density at radius 1 is 1.11 bits per heavy atom. The van der Waals surface area contributed by atoms with E-state index < -0.39 is 0 Å². The summed E-state index contributed by atoms with van der Waals surface area (Å²) in [5.41, 5.74) is 1.79. The molecule has 0 radical (unpaired) electrons. The van der Waals surface area contributed by atoms with E-state index in [9.17, 15) is 9.59 Å². The van der Waals surface area contributed by atoms with Crippen molar-refractivity contribution in [2.75, 3.05) is 20.8 Å². The van der Waals surface area contributed by atoms with E-state index in [-0.39, 0.29) is 23.9 Å². The minimum atomic E-state index is -0.226. The smallest absolute Gasteiger partial charge is 0.231 e. The Balaban J connectivity index is 1.96. The number of hydrogen-bond acceptors (Lipinski definition) is 6. The quantitative estimate of drug-likeness (QED) is 0.726. The van der Waals surface area contributed by atoms with Gasteiger partial charge in [-0.1, -0.05) is 0 Å². The summed E-state index contributed by atoms with van der Waals surface area (Å²) in [4.78, 5) is 23.9. The fraction of sp³-hybridized carbons (Fsp3) is 0.238. The summed E-state index contributed by atoms with van der Waals surface area (Å²) < 4.78 is 21.9. The van der Waals surface area contributed by atoms with Crippen LogP contribution < -0.4 is 18.9 Å². The van der Waals surface area contributed by atoms with Crippen molar-refractivity contribution < 1.29 is 28.5 Å². The first-order chi connectivity index (χ1) is 12.9. The normalized spacial score (nSPS) is 13.9. The topological polar surface area (TPSA) is 71.1 Å². The lowest BCUT2D eigenvalue weighted by molar-refractivity contribution is -0.118. The van der Waals surface area contributed by atoms with Crippen molar-refractivity contribution in [2.24, 2.45) is 0 Å². The van der Waals surface area contributed by atoms with Crippen molar-refractivity contribution in [2.45, 2.75) is 13.8 Å². The van der Waals surface area contributed by atoms with Gasteiger partial charge in [0.2, 0.25) is 5.78 Å². The van der Waals surface area contributed by atoms with E-state index in [4.69, 9.17) is 18.9 Å². The monoisotopic (exact) mass is 368 g/mol. The van der Waals surface area contributed by atoms with E-state index in [2.05, 4.69) is 0 Å². The van der Waals surface area contributed by atoms with Gasteiger partial charge in [0.15, 0.2) is 11.5 Å². The molecule has 0 aliphatic carbocycles. The maximum Gasteiger partial charge on any atom is 0.231 e. The molecule has 0 amide bonds. The molecule has 2 aromatic carbocycles. The third-order valence-corrected chi connectivity index (χ3v) is 4.19. The van der Waals surface area contributed by atoms with Gasteiger partial charge in [0, 0.05) is 11.1 Å². The number of rotatable bonds is 6. The molecule has 6 nitrogen and oxygen atoms in total. The second kappa shape index (κ2) is 7.53. The number of benzene rings is 2. The van der Waals surface area contributed by atoms with Crippen LogP contribution in [0.5, 0.6) is 23.0 Å². The van der Waals surface area contributed by atoms with Crippen LogP contribution in [-0.4, -0.2) is 32.4 Å². The lowest BCUT2D eigenvalue weighted by atomic mass is 10.1. The maximum absolute atomic E-state index is 12.7. The summed E-state index contributed by atoms with van der Waals surface area (Å²) in [5, 5.41) is 0. The lowest BCUT2D eigenvalue weighted by Gasteiger charge is -2.10. The number of allylic oxidation sites excluding steroid dienone is 1. The van der Waals surface area contributed by atoms with Crippen LogP contribution in [0.25, 0.3) is 6.08 Å². The van der Waals surface area contributed by atoms with E-state index in [0.717, 1.165) is 0 Å². The number of carbonyl (C=O) groups is 2. The second-order valence-corrected chi connectivity index (χ2v) is 6.10. The molecule has 1 heterocycles. The number of methoxy groups -OCH3 is 2. The molecule has 1 aliphatic heterocycles. The molecule has 0 fully saturated rings. The van der Waals surface area contributed by atoms with Gasteiger partial charge in [-0.05, 0) is 50.3 Å². The zero-order valence-corrected chi connectivity index (χ0v) is 15.6. The molecule has 0 saturated carbocycles. The Morgan fingerprint density at radius 2 is 1.85 bits per heavy atom. The molecule has 6 heteroatoms. The van der Waals surface area contributed by atoms with Gasteiger partial charge in [0.25, 0.3) is 0 Å². The second-order valence-electron chi connectivity index (χ2n) is 6.10. The molecule has 0 N–H and O–H groups in total. The van der Waals surface area contributed by atoms with Crippen molar-refractivity contribution in [3.8, 4) is 23.0 Å². The van der Waals surface area contributed by atoms with E-state index in [1.807, 2.05) is 0 Å². The predicted octanol–water partition coefficient (Wildman–Crippen LogP) is 3.60. The van der Waals surface area contributed by atoms with Crippen molar-refractivity contribution in [1.29, 1.82) is 0 Å². The van der Waals surface area contributed by atoms with E-state index in [1.54, 1.807) is 57.6 Å². The van der Waals surface area contributed by atoms with Crippen molar-refractivity contribution in [3.63, 3.8) is 0 Å². The molecular formula is C21H20O6. The van der Waals surface area contributed by atoms with Gasteiger partial charge in [-0.25, -0.2) is 0 Å². The molecule has 0 bridgehead atoms. The molecular weight excluding hydrogens is 348 g/mol. The molecule has 2 aromatic rings. The lowest BCUT2D eigenvalue weighted by Crippen LogP contribution is -2.07. The van der Waals surface area contributed by atoms with E-state index >= 15 is 0 Å². The Hall–Kier alpha value is -3.28. The fourth-order valence-electron chi connectivity index (χ4n) is 2.80. The van der Waals surface area contributed by atoms with Gasteiger partial charge in [0.1, 0.15) is 29.6 Å². The van der Waals surface area contributed by atoms with Gasteiger partial charge < -0.3 is 18.9 Å². The molecule has 0 aromatic heterocycles. The fourth-order valence-corrected chi connectivity index (χ4v) is 2.80. The van der Waals surface area contributed by atoms with Gasteiger partial charge >= 0.3 is 0 Å². The van der Waals surface area contributed by atoms with Crippen LogP contribution >= 0.6 is 0 Å². The van der Waals surface area contributed by atoms with Crippen LogP contribution in [0.1, 0.15) is 28.4 Å². The molecule has 3 rings (SSSR count). The Labute approximate surface area is 157 Å². The highest BCUT2D eigenvalue weighted by Crippen LogP contribution is 2.40. The first-order valence-corrected chi connectivity index (χ1v) is 8.36. The highest BCUT2D eigenvalue weighted by Gasteiger charge is 2.30. The minimum absolute atomic E-state index is 0.0305. The number of Topliss-reactive ketones (excluding diaryl/α,β-unsaturated/α-hetero) is 2. The average molecular weight is 368 g/mol. The minimum Gasteiger partial charge on any atom is -0.497 e. The van der Waals surface area contributed by atoms with Gasteiger partial charge in [0.05, 0.1) is 19.8 Å². The highest BCUT2D eigenvalue weighted by atomic mass is 16.5. The summed E-state index contributed by atoms with van der Waals surface area (Å²) in [6.45, 7) is 3.21. The van der Waals surface area contributed by atoms with Crippen molar-refractivity contribution in [3.05, 3.63) is 52.8 Å². The SMILES string of the molecule is COc1ccc(OC)c(/C=C2\Oc3c(ccc(OCC(C)=O)c3C)C2=O)c1. The number of ether oxygens (including phenoxy) is 4. The van der Waals surface area contributed by atoms with Crippen molar-refractivity contribution in [1.82, 2.24) is 0 Å². The molecule has 0 unspecified atom stereocenters. The number of ketones is 2. The van der Waals surface area contributed by atoms with Gasteiger partial charge in [-0.15, -0.1) is 0 Å². The molecule has 27 heavy (non-hydrogen) atoms.